The third-order valence-corrected chi connectivity index (χ3v) is 2.75. The Kier molecular flexibility index (Phi) is 3.04. The summed E-state index contributed by atoms with van der Waals surface area (Å²) in [4.78, 5) is 0. The zero-order chi connectivity index (χ0) is 9.80. The standard InChI is InChI=1S/C12H17NO/c1-13-11-7-5-10(6-8-11)12-4-2-3-9-14-12/h5-8,12-13H,2-4,9H2,1H3. The fraction of sp³-hybridized carbons (Fsp3) is 0.500. The van der Waals surface area contributed by atoms with E-state index in [1.165, 1.54) is 24.8 Å². The molecule has 0 spiro atoms. The van der Waals surface area contributed by atoms with Gasteiger partial charge in [-0.3, -0.25) is 0 Å². The van der Waals surface area contributed by atoms with Gasteiger partial charge in [0.2, 0.25) is 0 Å². The molecule has 0 aliphatic carbocycles. The molecular formula is C12H17NO. The Labute approximate surface area is 85.3 Å². The second-order valence-corrected chi connectivity index (χ2v) is 3.73. The molecular weight excluding hydrogens is 174 g/mol. The Balaban J connectivity index is 2.07. The zero-order valence-electron chi connectivity index (χ0n) is 8.62. The molecule has 0 aromatic heterocycles. The first-order valence-corrected chi connectivity index (χ1v) is 5.29. The molecule has 2 heteroatoms. The molecule has 1 aromatic rings. The zero-order valence-corrected chi connectivity index (χ0v) is 8.62. The van der Waals surface area contributed by atoms with Gasteiger partial charge >= 0.3 is 0 Å². The molecule has 2 nitrogen and oxygen atoms in total. The number of hydrogen-bond acceptors (Lipinski definition) is 2. The van der Waals surface area contributed by atoms with Crippen LogP contribution >= 0.6 is 0 Å². The Hall–Kier alpha value is -1.02. The first kappa shape index (κ1) is 9.53. The topological polar surface area (TPSA) is 21.3 Å². The van der Waals surface area contributed by atoms with Gasteiger partial charge in [0, 0.05) is 19.3 Å². The molecule has 1 aliphatic rings. The fourth-order valence-electron chi connectivity index (χ4n) is 1.87. The maximum atomic E-state index is 5.72. The van der Waals surface area contributed by atoms with Crippen LogP contribution < -0.4 is 5.32 Å². The van der Waals surface area contributed by atoms with Crippen molar-refractivity contribution >= 4 is 5.69 Å². The van der Waals surface area contributed by atoms with E-state index in [0.29, 0.717) is 6.10 Å². The van der Waals surface area contributed by atoms with Crippen molar-refractivity contribution in [1.29, 1.82) is 0 Å². The Morgan fingerprint density at radius 3 is 2.57 bits per heavy atom. The first-order valence-electron chi connectivity index (χ1n) is 5.29. The first-order chi connectivity index (χ1) is 6.90. The summed E-state index contributed by atoms with van der Waals surface area (Å²) in [6.45, 7) is 0.915. The van der Waals surface area contributed by atoms with E-state index in [1.54, 1.807) is 0 Å². The molecule has 76 valence electrons. The van der Waals surface area contributed by atoms with Crippen molar-refractivity contribution in [3.63, 3.8) is 0 Å². The molecule has 1 heterocycles. The third kappa shape index (κ3) is 2.07. The third-order valence-electron chi connectivity index (χ3n) is 2.75. The molecule has 2 rings (SSSR count). The predicted molar refractivity (Wildman–Crippen MR) is 58.5 cm³/mol. The Morgan fingerprint density at radius 1 is 1.21 bits per heavy atom. The molecule has 1 N–H and O–H groups in total. The smallest absolute Gasteiger partial charge is 0.0825 e. The largest absolute Gasteiger partial charge is 0.388 e. The molecule has 1 unspecified atom stereocenters. The van der Waals surface area contributed by atoms with Crippen LogP contribution in [0.1, 0.15) is 30.9 Å². The van der Waals surface area contributed by atoms with Crippen molar-refractivity contribution in [1.82, 2.24) is 0 Å². The van der Waals surface area contributed by atoms with Gasteiger partial charge in [-0.1, -0.05) is 12.1 Å². The van der Waals surface area contributed by atoms with Gasteiger partial charge in [0.15, 0.2) is 0 Å². The Bertz CT molecular complexity index is 275. The molecule has 0 saturated carbocycles. The van der Waals surface area contributed by atoms with Crippen LogP contribution in [-0.4, -0.2) is 13.7 Å². The lowest BCUT2D eigenvalue weighted by Crippen LogP contribution is -2.11. The number of rotatable bonds is 2. The van der Waals surface area contributed by atoms with Crippen molar-refractivity contribution in [2.24, 2.45) is 0 Å². The number of anilines is 1. The SMILES string of the molecule is CNc1ccc(C2CCCCO2)cc1. The summed E-state index contributed by atoms with van der Waals surface area (Å²) in [6.07, 6.45) is 4.00. The second-order valence-electron chi connectivity index (χ2n) is 3.73. The molecule has 0 amide bonds. The number of nitrogens with one attached hydrogen (secondary N) is 1. The van der Waals surface area contributed by atoms with Gasteiger partial charge in [-0.25, -0.2) is 0 Å². The molecule has 14 heavy (non-hydrogen) atoms. The van der Waals surface area contributed by atoms with Crippen LogP contribution in [0.4, 0.5) is 5.69 Å². The Morgan fingerprint density at radius 2 is 2.00 bits per heavy atom. The van der Waals surface area contributed by atoms with Crippen molar-refractivity contribution < 1.29 is 4.74 Å². The van der Waals surface area contributed by atoms with Crippen LogP contribution in [0.5, 0.6) is 0 Å². The normalized spacial score (nSPS) is 21.9. The molecule has 0 radical (unpaired) electrons. The van der Waals surface area contributed by atoms with Crippen molar-refractivity contribution in [3.05, 3.63) is 29.8 Å². The predicted octanol–water partition coefficient (Wildman–Crippen LogP) is 2.97. The minimum Gasteiger partial charge on any atom is -0.388 e. The lowest BCUT2D eigenvalue weighted by atomic mass is 10.0. The van der Waals surface area contributed by atoms with E-state index in [-0.39, 0.29) is 0 Å². The average molecular weight is 191 g/mol. The van der Waals surface area contributed by atoms with E-state index in [4.69, 9.17) is 4.74 Å². The summed E-state index contributed by atoms with van der Waals surface area (Å²) in [5.41, 5.74) is 2.47. The maximum Gasteiger partial charge on any atom is 0.0825 e. The van der Waals surface area contributed by atoms with Gasteiger partial charge in [0.1, 0.15) is 0 Å². The van der Waals surface area contributed by atoms with Gasteiger partial charge in [-0.05, 0) is 37.0 Å². The van der Waals surface area contributed by atoms with E-state index in [9.17, 15) is 0 Å². The summed E-state index contributed by atoms with van der Waals surface area (Å²) in [5.74, 6) is 0. The summed E-state index contributed by atoms with van der Waals surface area (Å²) < 4.78 is 5.72. The van der Waals surface area contributed by atoms with Crippen LogP contribution in [0.25, 0.3) is 0 Å². The fourth-order valence-corrected chi connectivity index (χ4v) is 1.87. The number of benzene rings is 1. The highest BCUT2D eigenvalue weighted by Gasteiger charge is 2.15. The van der Waals surface area contributed by atoms with E-state index in [2.05, 4.69) is 29.6 Å². The maximum absolute atomic E-state index is 5.72. The van der Waals surface area contributed by atoms with E-state index in [0.717, 1.165) is 12.3 Å². The van der Waals surface area contributed by atoms with Gasteiger partial charge in [-0.2, -0.15) is 0 Å². The lowest BCUT2D eigenvalue weighted by Gasteiger charge is -2.23. The second kappa shape index (κ2) is 4.47. The quantitative estimate of drug-likeness (QED) is 0.776. The van der Waals surface area contributed by atoms with Crippen LogP contribution in [0.15, 0.2) is 24.3 Å². The molecule has 1 aromatic carbocycles. The summed E-state index contributed by atoms with van der Waals surface area (Å²) in [6, 6.07) is 8.52. The minimum absolute atomic E-state index is 0.328. The van der Waals surface area contributed by atoms with Crippen LogP contribution in [-0.2, 0) is 4.74 Å². The number of hydrogen-bond donors (Lipinski definition) is 1. The van der Waals surface area contributed by atoms with Gasteiger partial charge in [-0.15, -0.1) is 0 Å². The molecule has 0 bridgehead atoms. The van der Waals surface area contributed by atoms with Crippen LogP contribution in [0.2, 0.25) is 0 Å². The summed E-state index contributed by atoms with van der Waals surface area (Å²) in [5, 5.41) is 3.12. The summed E-state index contributed by atoms with van der Waals surface area (Å²) in [7, 11) is 1.94. The summed E-state index contributed by atoms with van der Waals surface area (Å²) >= 11 is 0. The molecule has 1 atom stereocenters. The number of ether oxygens (including phenoxy) is 1. The highest BCUT2D eigenvalue weighted by Crippen LogP contribution is 2.28. The van der Waals surface area contributed by atoms with Crippen LogP contribution in [0.3, 0.4) is 0 Å². The minimum atomic E-state index is 0.328. The van der Waals surface area contributed by atoms with Crippen molar-refractivity contribution in [2.75, 3.05) is 19.0 Å². The lowest BCUT2D eigenvalue weighted by molar-refractivity contribution is 0.0150. The highest BCUT2D eigenvalue weighted by molar-refractivity contribution is 5.44. The van der Waals surface area contributed by atoms with E-state index >= 15 is 0 Å². The molecule has 1 aliphatic heterocycles. The van der Waals surface area contributed by atoms with Crippen LogP contribution in [0, 0.1) is 0 Å². The van der Waals surface area contributed by atoms with Crippen molar-refractivity contribution in [3.8, 4) is 0 Å². The van der Waals surface area contributed by atoms with Gasteiger partial charge < -0.3 is 10.1 Å². The average Bonchev–Trinajstić information content (AvgIpc) is 2.30. The van der Waals surface area contributed by atoms with Gasteiger partial charge in [0.25, 0.3) is 0 Å². The van der Waals surface area contributed by atoms with E-state index in [1.807, 2.05) is 7.05 Å². The van der Waals surface area contributed by atoms with E-state index < -0.39 is 0 Å². The van der Waals surface area contributed by atoms with Crippen molar-refractivity contribution in [2.45, 2.75) is 25.4 Å². The monoisotopic (exact) mass is 191 g/mol. The molecule has 1 saturated heterocycles. The highest BCUT2D eigenvalue weighted by atomic mass is 16.5. The molecule has 1 fully saturated rings. The van der Waals surface area contributed by atoms with Gasteiger partial charge in [0.05, 0.1) is 6.10 Å².